The van der Waals surface area contributed by atoms with E-state index in [-0.39, 0.29) is 0 Å². The molecule has 1 atom stereocenters. The molecule has 15 heavy (non-hydrogen) atoms. The van der Waals surface area contributed by atoms with Crippen molar-refractivity contribution in [2.75, 3.05) is 23.7 Å². The van der Waals surface area contributed by atoms with Gasteiger partial charge in [0.1, 0.15) is 5.82 Å². The third kappa shape index (κ3) is 2.43. The Morgan fingerprint density at radius 3 is 3.07 bits per heavy atom. The van der Waals surface area contributed by atoms with E-state index in [1.165, 1.54) is 12.8 Å². The Bertz CT molecular complexity index is 354. The topological polar surface area (TPSA) is 42.2 Å². The molecular formula is C11H16BrN3. The summed E-state index contributed by atoms with van der Waals surface area (Å²) in [5, 5.41) is 0. The number of hydrogen-bond acceptors (Lipinski definition) is 3. The van der Waals surface area contributed by atoms with Gasteiger partial charge in [0.15, 0.2) is 0 Å². The number of anilines is 2. The Kier molecular flexibility index (Phi) is 3.14. The molecule has 3 nitrogen and oxygen atoms in total. The van der Waals surface area contributed by atoms with Gasteiger partial charge in [0, 0.05) is 13.1 Å². The van der Waals surface area contributed by atoms with Crippen LogP contribution in [0.3, 0.4) is 0 Å². The molecule has 1 aromatic rings. The Morgan fingerprint density at radius 1 is 1.60 bits per heavy atom. The molecule has 0 spiro atoms. The standard InChI is InChI=1S/C11H16BrN3/c1-8-3-2-4-15(7-8)11-10(12)5-9(13)6-14-11/h5-6,8H,2-4,7,13H2,1H3. The van der Waals surface area contributed by atoms with E-state index < -0.39 is 0 Å². The summed E-state index contributed by atoms with van der Waals surface area (Å²) in [6.07, 6.45) is 4.29. The molecule has 2 rings (SSSR count). The summed E-state index contributed by atoms with van der Waals surface area (Å²) < 4.78 is 0.997. The van der Waals surface area contributed by atoms with Gasteiger partial charge < -0.3 is 10.6 Å². The first-order valence-electron chi connectivity index (χ1n) is 5.33. The van der Waals surface area contributed by atoms with Gasteiger partial charge in [-0.3, -0.25) is 0 Å². The van der Waals surface area contributed by atoms with Gasteiger partial charge in [0.05, 0.1) is 16.4 Å². The lowest BCUT2D eigenvalue weighted by Crippen LogP contribution is -2.35. The molecule has 0 bridgehead atoms. The predicted molar refractivity (Wildman–Crippen MR) is 67.0 cm³/mol. The van der Waals surface area contributed by atoms with Crippen molar-refractivity contribution < 1.29 is 0 Å². The highest BCUT2D eigenvalue weighted by molar-refractivity contribution is 9.10. The van der Waals surface area contributed by atoms with E-state index in [1.54, 1.807) is 6.20 Å². The lowest BCUT2D eigenvalue weighted by molar-refractivity contribution is 0.444. The molecule has 1 fully saturated rings. The smallest absolute Gasteiger partial charge is 0.143 e. The molecule has 0 amide bonds. The van der Waals surface area contributed by atoms with E-state index in [2.05, 4.69) is 32.7 Å². The van der Waals surface area contributed by atoms with E-state index in [9.17, 15) is 0 Å². The highest BCUT2D eigenvalue weighted by atomic mass is 79.9. The molecule has 2 heterocycles. The van der Waals surface area contributed by atoms with Gasteiger partial charge >= 0.3 is 0 Å². The van der Waals surface area contributed by atoms with Crippen molar-refractivity contribution in [2.45, 2.75) is 19.8 Å². The van der Waals surface area contributed by atoms with Crippen LogP contribution in [-0.4, -0.2) is 18.1 Å². The maximum atomic E-state index is 5.67. The van der Waals surface area contributed by atoms with Crippen molar-refractivity contribution in [2.24, 2.45) is 5.92 Å². The normalized spacial score (nSPS) is 21.7. The van der Waals surface area contributed by atoms with Gasteiger partial charge in [-0.1, -0.05) is 6.92 Å². The number of piperidine rings is 1. The van der Waals surface area contributed by atoms with Crippen molar-refractivity contribution in [3.05, 3.63) is 16.7 Å². The SMILES string of the molecule is CC1CCCN(c2ncc(N)cc2Br)C1. The summed E-state index contributed by atoms with van der Waals surface area (Å²) in [6, 6.07) is 1.92. The first kappa shape index (κ1) is 10.7. The van der Waals surface area contributed by atoms with Gasteiger partial charge in [-0.15, -0.1) is 0 Å². The molecule has 0 aromatic carbocycles. The summed E-state index contributed by atoms with van der Waals surface area (Å²) in [6.45, 7) is 4.48. The van der Waals surface area contributed by atoms with Crippen LogP contribution in [0.15, 0.2) is 16.7 Å². The molecule has 1 aliphatic heterocycles. The van der Waals surface area contributed by atoms with Crippen molar-refractivity contribution in [1.29, 1.82) is 0 Å². The minimum absolute atomic E-state index is 0.704. The third-order valence-electron chi connectivity index (χ3n) is 2.80. The van der Waals surface area contributed by atoms with Crippen molar-refractivity contribution in [3.8, 4) is 0 Å². The van der Waals surface area contributed by atoms with Crippen LogP contribution in [0.1, 0.15) is 19.8 Å². The van der Waals surface area contributed by atoms with Gasteiger partial charge in [-0.25, -0.2) is 4.98 Å². The highest BCUT2D eigenvalue weighted by Crippen LogP contribution is 2.28. The second kappa shape index (κ2) is 4.39. The summed E-state index contributed by atoms with van der Waals surface area (Å²) in [4.78, 5) is 6.72. The second-order valence-corrected chi connectivity index (χ2v) is 5.12. The quantitative estimate of drug-likeness (QED) is 0.853. The molecular weight excluding hydrogens is 254 g/mol. The molecule has 4 heteroatoms. The number of halogens is 1. The van der Waals surface area contributed by atoms with Crippen LogP contribution in [0.25, 0.3) is 0 Å². The first-order valence-corrected chi connectivity index (χ1v) is 6.12. The Morgan fingerprint density at radius 2 is 2.40 bits per heavy atom. The fourth-order valence-electron chi connectivity index (χ4n) is 2.06. The van der Waals surface area contributed by atoms with Crippen LogP contribution < -0.4 is 10.6 Å². The van der Waals surface area contributed by atoms with E-state index in [0.717, 1.165) is 29.3 Å². The van der Waals surface area contributed by atoms with E-state index in [4.69, 9.17) is 5.73 Å². The average molecular weight is 270 g/mol. The molecule has 1 unspecified atom stereocenters. The lowest BCUT2D eigenvalue weighted by atomic mass is 10.0. The van der Waals surface area contributed by atoms with Crippen LogP contribution in [0.4, 0.5) is 11.5 Å². The van der Waals surface area contributed by atoms with Gasteiger partial charge in [-0.05, 0) is 40.8 Å². The Labute approximate surface area is 98.8 Å². The Balaban J connectivity index is 2.21. The molecule has 2 N–H and O–H groups in total. The van der Waals surface area contributed by atoms with E-state index in [1.807, 2.05) is 6.07 Å². The predicted octanol–water partition coefficient (Wildman–Crippen LogP) is 2.66. The number of aromatic nitrogens is 1. The Hall–Kier alpha value is -0.770. The van der Waals surface area contributed by atoms with Gasteiger partial charge in [-0.2, -0.15) is 0 Å². The number of nitrogens with zero attached hydrogens (tertiary/aromatic N) is 2. The lowest BCUT2D eigenvalue weighted by Gasteiger charge is -2.32. The van der Waals surface area contributed by atoms with Crippen molar-refractivity contribution in [3.63, 3.8) is 0 Å². The maximum absolute atomic E-state index is 5.67. The zero-order chi connectivity index (χ0) is 10.8. The van der Waals surface area contributed by atoms with Crippen molar-refractivity contribution in [1.82, 2.24) is 4.98 Å². The molecule has 0 aliphatic carbocycles. The summed E-state index contributed by atoms with van der Waals surface area (Å²) in [7, 11) is 0. The molecule has 1 aromatic heterocycles. The summed E-state index contributed by atoms with van der Waals surface area (Å²) in [5.74, 6) is 1.78. The zero-order valence-corrected chi connectivity index (χ0v) is 10.5. The number of nitrogen functional groups attached to an aromatic ring is 1. The van der Waals surface area contributed by atoms with Crippen LogP contribution in [0, 0.1) is 5.92 Å². The fraction of sp³-hybridized carbons (Fsp3) is 0.545. The molecule has 0 radical (unpaired) electrons. The first-order chi connectivity index (χ1) is 7.16. The van der Waals surface area contributed by atoms with E-state index in [0.29, 0.717) is 5.69 Å². The molecule has 82 valence electrons. The molecule has 0 saturated carbocycles. The number of pyridine rings is 1. The van der Waals surface area contributed by atoms with Crippen LogP contribution >= 0.6 is 15.9 Å². The number of nitrogens with two attached hydrogens (primary N) is 1. The summed E-state index contributed by atoms with van der Waals surface area (Å²) >= 11 is 3.52. The minimum atomic E-state index is 0.704. The van der Waals surface area contributed by atoms with Gasteiger partial charge in [0.25, 0.3) is 0 Å². The number of rotatable bonds is 1. The second-order valence-electron chi connectivity index (χ2n) is 4.27. The van der Waals surface area contributed by atoms with Crippen LogP contribution in [0.2, 0.25) is 0 Å². The van der Waals surface area contributed by atoms with Crippen LogP contribution in [0.5, 0.6) is 0 Å². The number of hydrogen-bond donors (Lipinski definition) is 1. The molecule has 1 aliphatic rings. The highest BCUT2D eigenvalue weighted by Gasteiger charge is 2.19. The molecule has 1 saturated heterocycles. The van der Waals surface area contributed by atoms with Crippen molar-refractivity contribution >= 4 is 27.4 Å². The summed E-state index contributed by atoms with van der Waals surface area (Å²) in [5.41, 5.74) is 6.38. The maximum Gasteiger partial charge on any atom is 0.143 e. The monoisotopic (exact) mass is 269 g/mol. The zero-order valence-electron chi connectivity index (χ0n) is 8.91. The van der Waals surface area contributed by atoms with E-state index >= 15 is 0 Å². The van der Waals surface area contributed by atoms with Crippen LogP contribution in [-0.2, 0) is 0 Å². The average Bonchev–Trinajstić information content (AvgIpc) is 2.17. The van der Waals surface area contributed by atoms with Gasteiger partial charge in [0.2, 0.25) is 0 Å². The fourth-order valence-corrected chi connectivity index (χ4v) is 2.68. The minimum Gasteiger partial charge on any atom is -0.397 e. The third-order valence-corrected chi connectivity index (χ3v) is 3.38. The largest absolute Gasteiger partial charge is 0.397 e.